The molecule has 17 heavy (non-hydrogen) atoms. The highest BCUT2D eigenvalue weighted by Crippen LogP contribution is 2.19. The van der Waals surface area contributed by atoms with E-state index < -0.39 is 0 Å². The van der Waals surface area contributed by atoms with Crippen LogP contribution < -0.4 is 5.32 Å². The van der Waals surface area contributed by atoms with Gasteiger partial charge in [-0.15, -0.1) is 0 Å². The summed E-state index contributed by atoms with van der Waals surface area (Å²) in [6.45, 7) is 10.6. The van der Waals surface area contributed by atoms with E-state index in [1.165, 1.54) is 12.8 Å². The van der Waals surface area contributed by atoms with Gasteiger partial charge in [0.25, 0.3) is 0 Å². The van der Waals surface area contributed by atoms with Crippen molar-refractivity contribution >= 4 is 5.91 Å². The predicted octanol–water partition coefficient (Wildman–Crippen LogP) is 2.41. The Kier molecular flexibility index (Phi) is 5.96. The Bertz CT molecular complexity index is 240. The molecule has 0 aliphatic carbocycles. The largest absolute Gasteiger partial charge is 0.339 e. The minimum atomic E-state index is 0.0764. The summed E-state index contributed by atoms with van der Waals surface area (Å²) in [7, 11) is 0. The lowest BCUT2D eigenvalue weighted by Gasteiger charge is -2.25. The minimum absolute atomic E-state index is 0.0764. The Hall–Kier alpha value is -0.570. The highest BCUT2D eigenvalue weighted by molar-refractivity contribution is 5.84. The van der Waals surface area contributed by atoms with Crippen LogP contribution in [-0.2, 0) is 4.79 Å². The summed E-state index contributed by atoms with van der Waals surface area (Å²) in [5.41, 5.74) is 0. The lowest BCUT2D eigenvalue weighted by molar-refractivity contribution is -0.131. The minimum Gasteiger partial charge on any atom is -0.339 e. The third-order valence-corrected chi connectivity index (χ3v) is 3.63. The highest BCUT2D eigenvalue weighted by atomic mass is 16.2. The second-order valence-corrected chi connectivity index (χ2v) is 5.60. The van der Waals surface area contributed by atoms with E-state index in [0.29, 0.717) is 11.9 Å². The van der Waals surface area contributed by atoms with Crippen molar-refractivity contribution < 1.29 is 4.79 Å². The SMILES string of the molecule is CCNC1CCN(C(C)CCCC(C)C)C1=O. The van der Waals surface area contributed by atoms with Crippen LogP contribution in [0.15, 0.2) is 0 Å². The zero-order valence-corrected chi connectivity index (χ0v) is 11.8. The van der Waals surface area contributed by atoms with E-state index in [-0.39, 0.29) is 6.04 Å². The lowest BCUT2D eigenvalue weighted by Crippen LogP contribution is -2.41. The molecule has 0 aromatic carbocycles. The molecule has 0 bridgehead atoms. The molecule has 1 fully saturated rings. The summed E-state index contributed by atoms with van der Waals surface area (Å²) in [4.78, 5) is 14.2. The molecular weight excluding hydrogens is 212 g/mol. The average molecular weight is 240 g/mol. The summed E-state index contributed by atoms with van der Waals surface area (Å²) >= 11 is 0. The van der Waals surface area contributed by atoms with E-state index in [0.717, 1.165) is 31.8 Å². The van der Waals surface area contributed by atoms with Crippen LogP contribution in [0.4, 0.5) is 0 Å². The molecule has 1 heterocycles. The van der Waals surface area contributed by atoms with E-state index >= 15 is 0 Å². The molecule has 0 radical (unpaired) electrons. The van der Waals surface area contributed by atoms with Gasteiger partial charge in [0.1, 0.15) is 0 Å². The van der Waals surface area contributed by atoms with Crippen molar-refractivity contribution in [1.29, 1.82) is 0 Å². The molecule has 1 amide bonds. The first-order valence-corrected chi connectivity index (χ1v) is 7.10. The summed E-state index contributed by atoms with van der Waals surface area (Å²) in [5.74, 6) is 1.08. The van der Waals surface area contributed by atoms with Crippen LogP contribution in [0.2, 0.25) is 0 Å². The van der Waals surface area contributed by atoms with Crippen LogP contribution in [-0.4, -0.2) is 36.0 Å². The molecule has 1 aliphatic rings. The zero-order valence-electron chi connectivity index (χ0n) is 11.8. The molecule has 1 rings (SSSR count). The molecule has 2 unspecified atom stereocenters. The van der Waals surface area contributed by atoms with Crippen LogP contribution in [0.5, 0.6) is 0 Å². The zero-order chi connectivity index (χ0) is 12.8. The van der Waals surface area contributed by atoms with Crippen LogP contribution in [0.25, 0.3) is 0 Å². The van der Waals surface area contributed by atoms with Crippen molar-refractivity contribution in [2.24, 2.45) is 5.92 Å². The number of carbonyl (C=O) groups is 1. The van der Waals surface area contributed by atoms with Gasteiger partial charge < -0.3 is 10.2 Å². The van der Waals surface area contributed by atoms with Gasteiger partial charge in [-0.3, -0.25) is 4.79 Å². The molecular formula is C14H28N2O. The summed E-state index contributed by atoms with van der Waals surface area (Å²) < 4.78 is 0. The van der Waals surface area contributed by atoms with Gasteiger partial charge in [0.2, 0.25) is 5.91 Å². The Morgan fingerprint density at radius 3 is 2.65 bits per heavy atom. The molecule has 0 saturated carbocycles. The Morgan fingerprint density at radius 2 is 2.06 bits per heavy atom. The number of amides is 1. The molecule has 100 valence electrons. The van der Waals surface area contributed by atoms with Crippen molar-refractivity contribution in [1.82, 2.24) is 10.2 Å². The van der Waals surface area contributed by atoms with Gasteiger partial charge in [-0.25, -0.2) is 0 Å². The van der Waals surface area contributed by atoms with E-state index in [1.54, 1.807) is 0 Å². The summed E-state index contributed by atoms with van der Waals surface area (Å²) in [5, 5.41) is 3.26. The number of nitrogens with one attached hydrogen (secondary N) is 1. The van der Waals surface area contributed by atoms with Gasteiger partial charge in [0, 0.05) is 12.6 Å². The van der Waals surface area contributed by atoms with Crippen molar-refractivity contribution in [3.63, 3.8) is 0 Å². The van der Waals surface area contributed by atoms with E-state index in [1.807, 2.05) is 0 Å². The van der Waals surface area contributed by atoms with Gasteiger partial charge in [-0.1, -0.05) is 33.6 Å². The second-order valence-electron chi connectivity index (χ2n) is 5.60. The summed E-state index contributed by atoms with van der Waals surface area (Å²) in [6, 6.07) is 0.484. The first-order chi connectivity index (χ1) is 8.06. The third kappa shape index (κ3) is 4.30. The second kappa shape index (κ2) is 7.00. The van der Waals surface area contributed by atoms with E-state index in [4.69, 9.17) is 0 Å². The van der Waals surface area contributed by atoms with Gasteiger partial charge in [-0.2, -0.15) is 0 Å². The monoisotopic (exact) mass is 240 g/mol. The Morgan fingerprint density at radius 1 is 1.35 bits per heavy atom. The number of likely N-dealkylation sites (N-methyl/N-ethyl adjacent to an activating group) is 1. The first kappa shape index (κ1) is 14.5. The highest BCUT2D eigenvalue weighted by Gasteiger charge is 2.33. The molecule has 0 aromatic heterocycles. The fraction of sp³-hybridized carbons (Fsp3) is 0.929. The van der Waals surface area contributed by atoms with Crippen molar-refractivity contribution in [2.75, 3.05) is 13.1 Å². The number of hydrogen-bond donors (Lipinski definition) is 1. The summed E-state index contributed by atoms with van der Waals surface area (Å²) in [6.07, 6.45) is 4.61. The molecule has 1 saturated heterocycles. The quantitative estimate of drug-likeness (QED) is 0.741. The van der Waals surface area contributed by atoms with Crippen LogP contribution >= 0.6 is 0 Å². The molecule has 1 N–H and O–H groups in total. The van der Waals surface area contributed by atoms with E-state index in [2.05, 4.69) is 37.9 Å². The van der Waals surface area contributed by atoms with Gasteiger partial charge in [-0.05, 0) is 32.2 Å². The van der Waals surface area contributed by atoms with Gasteiger partial charge in [0.15, 0.2) is 0 Å². The number of nitrogens with zero attached hydrogens (tertiary/aromatic N) is 1. The number of rotatable bonds is 7. The maximum atomic E-state index is 12.1. The molecule has 3 nitrogen and oxygen atoms in total. The van der Waals surface area contributed by atoms with Gasteiger partial charge >= 0.3 is 0 Å². The van der Waals surface area contributed by atoms with Gasteiger partial charge in [0.05, 0.1) is 6.04 Å². The van der Waals surface area contributed by atoms with Crippen LogP contribution in [0, 0.1) is 5.92 Å². The van der Waals surface area contributed by atoms with Crippen molar-refractivity contribution in [3.8, 4) is 0 Å². The normalized spacial score (nSPS) is 22.5. The first-order valence-electron chi connectivity index (χ1n) is 7.10. The van der Waals surface area contributed by atoms with Crippen LogP contribution in [0.1, 0.15) is 53.4 Å². The molecule has 3 heteroatoms. The van der Waals surface area contributed by atoms with Crippen LogP contribution in [0.3, 0.4) is 0 Å². The smallest absolute Gasteiger partial charge is 0.240 e. The van der Waals surface area contributed by atoms with Crippen molar-refractivity contribution in [2.45, 2.75) is 65.5 Å². The number of likely N-dealkylation sites (tertiary alicyclic amines) is 1. The average Bonchev–Trinajstić information content (AvgIpc) is 2.60. The maximum Gasteiger partial charge on any atom is 0.240 e. The topological polar surface area (TPSA) is 32.3 Å². The standard InChI is InChI=1S/C14H28N2O/c1-5-15-13-9-10-16(14(13)17)12(4)8-6-7-11(2)3/h11-13,15H,5-10H2,1-4H3. The van der Waals surface area contributed by atoms with E-state index in [9.17, 15) is 4.79 Å². The molecule has 0 spiro atoms. The molecule has 1 aliphatic heterocycles. The molecule has 2 atom stereocenters. The Balaban J connectivity index is 2.32. The Labute approximate surface area is 106 Å². The number of carbonyl (C=O) groups excluding carboxylic acids is 1. The lowest BCUT2D eigenvalue weighted by atomic mass is 10.0. The number of hydrogen-bond acceptors (Lipinski definition) is 2. The predicted molar refractivity (Wildman–Crippen MR) is 71.9 cm³/mol. The fourth-order valence-corrected chi connectivity index (χ4v) is 2.55. The third-order valence-electron chi connectivity index (χ3n) is 3.63. The molecule has 0 aromatic rings. The maximum absolute atomic E-state index is 12.1. The van der Waals surface area contributed by atoms with Crippen molar-refractivity contribution in [3.05, 3.63) is 0 Å². The fourth-order valence-electron chi connectivity index (χ4n) is 2.55.